The van der Waals surface area contributed by atoms with Gasteiger partial charge in [-0.1, -0.05) is 12.1 Å². The van der Waals surface area contributed by atoms with Crippen LogP contribution < -0.4 is 19.9 Å². The zero-order chi connectivity index (χ0) is 20.5. The molecule has 8 heteroatoms. The summed E-state index contributed by atoms with van der Waals surface area (Å²) in [6.07, 6.45) is 0. The van der Waals surface area contributed by atoms with Crippen LogP contribution in [-0.2, 0) is 6.54 Å². The van der Waals surface area contributed by atoms with Crippen LogP contribution in [0.4, 0.5) is 5.82 Å². The van der Waals surface area contributed by atoms with Gasteiger partial charge in [0.1, 0.15) is 23.0 Å². The van der Waals surface area contributed by atoms with Gasteiger partial charge in [-0.05, 0) is 29.8 Å². The molecule has 2 aromatic heterocycles. The fourth-order valence-corrected chi connectivity index (χ4v) is 3.40. The number of anilines is 1. The molecule has 4 rings (SSSR count). The van der Waals surface area contributed by atoms with Crippen molar-refractivity contribution in [1.29, 1.82) is 5.26 Å². The van der Waals surface area contributed by atoms with Crippen molar-refractivity contribution in [2.24, 2.45) is 0 Å². The highest BCUT2D eigenvalue weighted by molar-refractivity contribution is 5.92. The van der Waals surface area contributed by atoms with E-state index in [0.717, 1.165) is 11.1 Å². The summed E-state index contributed by atoms with van der Waals surface area (Å²) in [5.41, 5.74) is 9.94. The van der Waals surface area contributed by atoms with E-state index in [-0.39, 0.29) is 0 Å². The van der Waals surface area contributed by atoms with Gasteiger partial charge in [-0.2, -0.15) is 5.26 Å². The second kappa shape index (κ2) is 7.20. The van der Waals surface area contributed by atoms with Gasteiger partial charge in [0.2, 0.25) is 5.75 Å². The van der Waals surface area contributed by atoms with Crippen molar-refractivity contribution in [3.05, 3.63) is 47.5 Å². The molecule has 4 aromatic rings. The number of nitriles is 1. The second-order valence-corrected chi connectivity index (χ2v) is 6.38. The number of nitrogen functional groups attached to an aromatic ring is 1. The van der Waals surface area contributed by atoms with E-state index in [1.165, 1.54) is 0 Å². The van der Waals surface area contributed by atoms with Crippen LogP contribution in [0.3, 0.4) is 0 Å². The van der Waals surface area contributed by atoms with Crippen molar-refractivity contribution in [1.82, 2.24) is 14.5 Å². The SMILES string of the molecule is COc1cc(Cn2c(N)c(C#N)c3nc4ccccc4nc32)cc(OC)c1OC. The fraction of sp³-hybridized carbons (Fsp3) is 0.190. The van der Waals surface area contributed by atoms with Crippen molar-refractivity contribution in [2.75, 3.05) is 27.1 Å². The van der Waals surface area contributed by atoms with E-state index in [9.17, 15) is 5.26 Å². The van der Waals surface area contributed by atoms with E-state index in [1.54, 1.807) is 25.9 Å². The Kier molecular flexibility index (Phi) is 4.56. The summed E-state index contributed by atoms with van der Waals surface area (Å²) < 4.78 is 18.0. The first-order valence-electron chi connectivity index (χ1n) is 8.84. The zero-order valence-electron chi connectivity index (χ0n) is 16.3. The lowest BCUT2D eigenvalue weighted by atomic mass is 10.1. The number of methoxy groups -OCH3 is 3. The van der Waals surface area contributed by atoms with Gasteiger partial charge in [-0.25, -0.2) is 9.97 Å². The second-order valence-electron chi connectivity index (χ2n) is 6.38. The van der Waals surface area contributed by atoms with E-state index in [4.69, 9.17) is 24.9 Å². The lowest BCUT2D eigenvalue weighted by Gasteiger charge is -2.15. The largest absolute Gasteiger partial charge is 0.493 e. The first-order valence-corrected chi connectivity index (χ1v) is 8.84. The number of fused-ring (bicyclic) bond motifs is 2. The number of ether oxygens (including phenoxy) is 3. The summed E-state index contributed by atoms with van der Waals surface area (Å²) in [6, 6.07) is 13.3. The highest BCUT2D eigenvalue weighted by Gasteiger charge is 2.20. The number of rotatable bonds is 5. The first kappa shape index (κ1) is 18.4. The molecule has 2 heterocycles. The fourth-order valence-electron chi connectivity index (χ4n) is 3.40. The molecule has 0 spiro atoms. The van der Waals surface area contributed by atoms with Crippen LogP contribution >= 0.6 is 0 Å². The van der Waals surface area contributed by atoms with Gasteiger partial charge in [0.25, 0.3) is 0 Å². The molecule has 29 heavy (non-hydrogen) atoms. The highest BCUT2D eigenvalue weighted by atomic mass is 16.5. The molecule has 2 aromatic carbocycles. The third kappa shape index (κ3) is 2.93. The number of para-hydroxylation sites is 2. The maximum Gasteiger partial charge on any atom is 0.203 e. The van der Waals surface area contributed by atoms with Crippen LogP contribution in [0, 0.1) is 11.3 Å². The Morgan fingerprint density at radius 1 is 1.00 bits per heavy atom. The molecule has 0 fully saturated rings. The van der Waals surface area contributed by atoms with E-state index in [1.807, 2.05) is 36.4 Å². The Bertz CT molecular complexity index is 1250. The van der Waals surface area contributed by atoms with Crippen LogP contribution in [0.5, 0.6) is 17.2 Å². The molecule has 0 amide bonds. The molecule has 0 saturated carbocycles. The topological polar surface area (TPSA) is 108 Å². The standard InChI is InChI=1S/C21H19N5O3/c1-27-16-8-12(9-17(28-2)19(16)29-3)11-26-20(23)13(10-22)18-21(26)25-15-7-5-4-6-14(15)24-18/h4-9H,11,23H2,1-3H3. The van der Waals surface area contributed by atoms with E-state index in [2.05, 4.69) is 11.1 Å². The molecule has 0 aliphatic carbocycles. The summed E-state index contributed by atoms with van der Waals surface area (Å²) in [6.45, 7) is 0.355. The molecular weight excluding hydrogens is 370 g/mol. The first-order chi connectivity index (χ1) is 14.1. The van der Waals surface area contributed by atoms with Gasteiger partial charge in [0, 0.05) is 0 Å². The molecule has 8 nitrogen and oxygen atoms in total. The van der Waals surface area contributed by atoms with E-state index in [0.29, 0.717) is 51.9 Å². The maximum absolute atomic E-state index is 9.63. The third-order valence-electron chi connectivity index (χ3n) is 4.77. The summed E-state index contributed by atoms with van der Waals surface area (Å²) in [5.74, 6) is 1.89. The van der Waals surface area contributed by atoms with Crippen molar-refractivity contribution >= 4 is 28.0 Å². The number of nitrogens with zero attached hydrogens (tertiary/aromatic N) is 4. The molecule has 0 radical (unpaired) electrons. The van der Waals surface area contributed by atoms with Crippen molar-refractivity contribution in [3.63, 3.8) is 0 Å². The van der Waals surface area contributed by atoms with Crippen LogP contribution in [0.15, 0.2) is 36.4 Å². The Morgan fingerprint density at radius 3 is 2.17 bits per heavy atom. The molecule has 0 unspecified atom stereocenters. The van der Waals surface area contributed by atoms with Gasteiger partial charge in [0.05, 0.1) is 38.9 Å². The average molecular weight is 389 g/mol. The minimum Gasteiger partial charge on any atom is -0.493 e. The quantitative estimate of drug-likeness (QED) is 0.559. The normalized spacial score (nSPS) is 10.8. The molecular formula is C21H19N5O3. The summed E-state index contributed by atoms with van der Waals surface area (Å²) in [4.78, 5) is 9.32. The lowest BCUT2D eigenvalue weighted by molar-refractivity contribution is 0.323. The highest BCUT2D eigenvalue weighted by Crippen LogP contribution is 2.39. The predicted octanol–water partition coefficient (Wildman–Crippen LogP) is 3.11. The van der Waals surface area contributed by atoms with Gasteiger partial charge in [-0.3, -0.25) is 0 Å². The Morgan fingerprint density at radius 2 is 1.62 bits per heavy atom. The minimum absolute atomic E-state index is 0.311. The molecule has 2 N–H and O–H groups in total. The average Bonchev–Trinajstić information content (AvgIpc) is 3.01. The number of benzene rings is 2. The minimum atomic E-state index is 0.311. The smallest absolute Gasteiger partial charge is 0.203 e. The maximum atomic E-state index is 9.63. The number of nitrogens with two attached hydrogens (primary N) is 1. The van der Waals surface area contributed by atoms with Crippen molar-refractivity contribution in [2.45, 2.75) is 6.54 Å². The number of hydrogen-bond acceptors (Lipinski definition) is 7. The number of aromatic nitrogens is 3. The third-order valence-corrected chi connectivity index (χ3v) is 4.77. The molecule has 0 bridgehead atoms. The monoisotopic (exact) mass is 389 g/mol. The van der Waals surface area contributed by atoms with Crippen LogP contribution in [0.1, 0.15) is 11.1 Å². The van der Waals surface area contributed by atoms with E-state index >= 15 is 0 Å². The van der Waals surface area contributed by atoms with Gasteiger partial charge >= 0.3 is 0 Å². The summed E-state index contributed by atoms with van der Waals surface area (Å²) in [7, 11) is 4.68. The summed E-state index contributed by atoms with van der Waals surface area (Å²) >= 11 is 0. The summed E-state index contributed by atoms with van der Waals surface area (Å²) in [5, 5.41) is 9.63. The van der Waals surface area contributed by atoms with Crippen LogP contribution in [0.25, 0.3) is 22.2 Å². The van der Waals surface area contributed by atoms with E-state index < -0.39 is 0 Å². The molecule has 0 aliphatic rings. The van der Waals surface area contributed by atoms with Gasteiger partial charge < -0.3 is 24.5 Å². The Hall–Kier alpha value is -3.99. The van der Waals surface area contributed by atoms with Crippen molar-refractivity contribution in [3.8, 4) is 23.3 Å². The van der Waals surface area contributed by atoms with Gasteiger partial charge in [-0.15, -0.1) is 0 Å². The van der Waals surface area contributed by atoms with Crippen LogP contribution in [-0.4, -0.2) is 35.9 Å². The Labute approximate surface area is 167 Å². The van der Waals surface area contributed by atoms with Crippen LogP contribution in [0.2, 0.25) is 0 Å². The lowest BCUT2D eigenvalue weighted by Crippen LogP contribution is -2.06. The molecule has 0 atom stereocenters. The Balaban J connectivity index is 1.92. The van der Waals surface area contributed by atoms with Gasteiger partial charge in [0.15, 0.2) is 17.1 Å². The predicted molar refractivity (Wildman–Crippen MR) is 109 cm³/mol. The molecule has 0 saturated heterocycles. The number of hydrogen-bond donors (Lipinski definition) is 1. The zero-order valence-corrected chi connectivity index (χ0v) is 16.3. The molecule has 146 valence electrons. The van der Waals surface area contributed by atoms with Crippen molar-refractivity contribution < 1.29 is 14.2 Å². The molecule has 0 aliphatic heterocycles.